The number of carbonyl (C=O) groups excluding carboxylic acids is 1. The molecule has 0 spiro atoms. The molecule has 0 radical (unpaired) electrons. The van der Waals surface area contributed by atoms with E-state index in [0.29, 0.717) is 6.61 Å². The Morgan fingerprint density at radius 2 is 1.95 bits per heavy atom. The topological polar surface area (TPSA) is 65.2 Å². The van der Waals surface area contributed by atoms with Crippen molar-refractivity contribution < 1.29 is 9.53 Å². The normalized spacial score (nSPS) is 10.5. The molecule has 2 N–H and O–H groups in total. The van der Waals surface area contributed by atoms with Gasteiger partial charge < -0.3 is 10.5 Å². The lowest BCUT2D eigenvalue weighted by Gasteiger charge is -2.03. The first-order valence-electron chi connectivity index (χ1n) is 6.52. The van der Waals surface area contributed by atoms with Crippen LogP contribution in [-0.4, -0.2) is 17.7 Å². The summed E-state index contributed by atoms with van der Waals surface area (Å²) in [5.41, 5.74) is 7.02. The van der Waals surface area contributed by atoms with Gasteiger partial charge >= 0.3 is 6.09 Å². The maximum Gasteiger partial charge on any atom is 0.404 e. The second kappa shape index (κ2) is 6.73. The molecule has 0 fully saturated rings. The van der Waals surface area contributed by atoms with E-state index in [1.54, 1.807) is 0 Å². The van der Waals surface area contributed by atoms with Crippen molar-refractivity contribution in [3.05, 3.63) is 42.1 Å². The van der Waals surface area contributed by atoms with E-state index in [2.05, 4.69) is 27.9 Å². The van der Waals surface area contributed by atoms with Crippen molar-refractivity contribution in [2.24, 2.45) is 5.73 Å². The van der Waals surface area contributed by atoms with Gasteiger partial charge in [-0.25, -0.2) is 4.79 Å². The van der Waals surface area contributed by atoms with Gasteiger partial charge in [-0.2, -0.15) is 0 Å². The second-order valence-corrected chi connectivity index (χ2v) is 4.47. The number of pyridine rings is 1. The van der Waals surface area contributed by atoms with Crippen LogP contribution in [-0.2, 0) is 11.2 Å². The molecule has 0 atom stereocenters. The Morgan fingerprint density at radius 1 is 1.11 bits per heavy atom. The van der Waals surface area contributed by atoms with Crippen molar-refractivity contribution in [3.63, 3.8) is 0 Å². The van der Waals surface area contributed by atoms with Crippen LogP contribution in [0.1, 0.15) is 25.0 Å². The molecule has 1 aromatic carbocycles. The first kappa shape index (κ1) is 13.3. The maximum atomic E-state index is 10.4. The molecule has 0 aliphatic heterocycles. The summed E-state index contributed by atoms with van der Waals surface area (Å²) in [5.74, 6) is 0. The summed E-state index contributed by atoms with van der Waals surface area (Å²) in [5, 5.41) is 1.17. The van der Waals surface area contributed by atoms with E-state index in [9.17, 15) is 4.79 Å². The van der Waals surface area contributed by atoms with Crippen LogP contribution in [0.5, 0.6) is 0 Å². The zero-order valence-corrected chi connectivity index (χ0v) is 10.8. The van der Waals surface area contributed by atoms with Gasteiger partial charge in [0.25, 0.3) is 0 Å². The lowest BCUT2D eigenvalue weighted by molar-refractivity contribution is 0.154. The van der Waals surface area contributed by atoms with Gasteiger partial charge in [0.15, 0.2) is 0 Å². The zero-order valence-electron chi connectivity index (χ0n) is 10.8. The molecule has 2 rings (SSSR count). The standard InChI is InChI=1S/C15H18N2O2/c16-15(18)19-11-5-1-2-7-13-10-9-12-6-3-4-8-14(12)17-13/h3-4,6,8-10H,1-2,5,7,11H2,(H2,16,18). The van der Waals surface area contributed by atoms with E-state index in [1.165, 1.54) is 5.39 Å². The van der Waals surface area contributed by atoms with Crippen LogP contribution in [0.15, 0.2) is 36.4 Å². The average Bonchev–Trinajstić information content (AvgIpc) is 2.42. The highest BCUT2D eigenvalue weighted by molar-refractivity contribution is 5.78. The van der Waals surface area contributed by atoms with Gasteiger partial charge in [-0.3, -0.25) is 4.98 Å². The fourth-order valence-corrected chi connectivity index (χ4v) is 2.01. The molecule has 0 aliphatic rings. The zero-order chi connectivity index (χ0) is 13.5. The molecule has 0 unspecified atom stereocenters. The summed E-state index contributed by atoms with van der Waals surface area (Å²) in [6.07, 6.45) is 3.13. The Labute approximate surface area is 112 Å². The lowest BCUT2D eigenvalue weighted by atomic mass is 10.1. The van der Waals surface area contributed by atoms with Crippen molar-refractivity contribution in [2.45, 2.75) is 25.7 Å². The number of nitrogens with two attached hydrogens (primary N) is 1. The van der Waals surface area contributed by atoms with Gasteiger partial charge in [0, 0.05) is 11.1 Å². The molecule has 1 aromatic heterocycles. The van der Waals surface area contributed by atoms with Crippen LogP contribution in [0.25, 0.3) is 10.9 Å². The third kappa shape index (κ3) is 4.25. The van der Waals surface area contributed by atoms with Crippen LogP contribution >= 0.6 is 0 Å². The third-order valence-electron chi connectivity index (χ3n) is 2.98. The molecule has 100 valence electrons. The summed E-state index contributed by atoms with van der Waals surface area (Å²) in [6.45, 7) is 0.403. The monoisotopic (exact) mass is 258 g/mol. The predicted molar refractivity (Wildman–Crippen MR) is 74.8 cm³/mol. The number of hydrogen-bond acceptors (Lipinski definition) is 3. The molecular formula is C15H18N2O2. The summed E-state index contributed by atoms with van der Waals surface area (Å²) >= 11 is 0. The molecule has 0 saturated carbocycles. The third-order valence-corrected chi connectivity index (χ3v) is 2.98. The number of hydrogen-bond donors (Lipinski definition) is 1. The van der Waals surface area contributed by atoms with Crippen LogP contribution in [0.2, 0.25) is 0 Å². The SMILES string of the molecule is NC(=O)OCCCCCc1ccc2ccccc2n1. The van der Waals surface area contributed by atoms with Crippen molar-refractivity contribution in [1.82, 2.24) is 4.98 Å². The molecule has 0 saturated heterocycles. The minimum absolute atomic E-state index is 0.403. The van der Waals surface area contributed by atoms with E-state index in [0.717, 1.165) is 36.9 Å². The number of unbranched alkanes of at least 4 members (excludes halogenated alkanes) is 2. The highest BCUT2D eigenvalue weighted by Crippen LogP contribution is 2.13. The number of primary amides is 1. The number of rotatable bonds is 6. The summed E-state index contributed by atoms with van der Waals surface area (Å²) < 4.78 is 4.68. The summed E-state index contributed by atoms with van der Waals surface area (Å²) in [6, 6.07) is 12.3. The lowest BCUT2D eigenvalue weighted by Crippen LogP contribution is -2.13. The smallest absolute Gasteiger partial charge is 0.404 e. The van der Waals surface area contributed by atoms with Gasteiger partial charge in [-0.05, 0) is 37.8 Å². The van der Waals surface area contributed by atoms with Gasteiger partial charge in [-0.1, -0.05) is 24.3 Å². The highest BCUT2D eigenvalue weighted by Gasteiger charge is 1.99. The van der Waals surface area contributed by atoms with Crippen LogP contribution in [0.3, 0.4) is 0 Å². The van der Waals surface area contributed by atoms with E-state index >= 15 is 0 Å². The number of fused-ring (bicyclic) bond motifs is 1. The number of aryl methyl sites for hydroxylation is 1. The van der Waals surface area contributed by atoms with Crippen molar-refractivity contribution >= 4 is 17.0 Å². The Morgan fingerprint density at radius 3 is 2.79 bits per heavy atom. The summed E-state index contributed by atoms with van der Waals surface area (Å²) in [7, 11) is 0. The quantitative estimate of drug-likeness (QED) is 0.810. The van der Waals surface area contributed by atoms with Gasteiger partial charge in [0.05, 0.1) is 12.1 Å². The molecule has 0 aliphatic carbocycles. The molecule has 2 aromatic rings. The minimum Gasteiger partial charge on any atom is -0.450 e. The van der Waals surface area contributed by atoms with Crippen LogP contribution in [0.4, 0.5) is 4.79 Å². The number of benzene rings is 1. The van der Waals surface area contributed by atoms with E-state index in [-0.39, 0.29) is 0 Å². The van der Waals surface area contributed by atoms with Crippen molar-refractivity contribution in [3.8, 4) is 0 Å². The molecule has 4 heteroatoms. The molecular weight excluding hydrogens is 240 g/mol. The fourth-order valence-electron chi connectivity index (χ4n) is 2.01. The minimum atomic E-state index is -0.698. The number of carbonyl (C=O) groups is 1. The van der Waals surface area contributed by atoms with E-state index in [1.807, 2.05) is 18.2 Å². The maximum absolute atomic E-state index is 10.4. The Hall–Kier alpha value is -2.10. The number of amides is 1. The number of ether oxygens (including phenoxy) is 1. The Balaban J connectivity index is 1.77. The second-order valence-electron chi connectivity index (χ2n) is 4.47. The van der Waals surface area contributed by atoms with Crippen molar-refractivity contribution in [1.29, 1.82) is 0 Å². The number of nitrogens with zero attached hydrogens (tertiary/aromatic N) is 1. The molecule has 0 bridgehead atoms. The van der Waals surface area contributed by atoms with Crippen LogP contribution in [0, 0.1) is 0 Å². The largest absolute Gasteiger partial charge is 0.450 e. The molecule has 4 nitrogen and oxygen atoms in total. The average molecular weight is 258 g/mol. The van der Waals surface area contributed by atoms with E-state index < -0.39 is 6.09 Å². The molecule has 1 amide bonds. The van der Waals surface area contributed by atoms with Gasteiger partial charge in [0.2, 0.25) is 0 Å². The summed E-state index contributed by atoms with van der Waals surface area (Å²) in [4.78, 5) is 15.0. The van der Waals surface area contributed by atoms with Crippen molar-refractivity contribution in [2.75, 3.05) is 6.61 Å². The molecule has 1 heterocycles. The molecule has 19 heavy (non-hydrogen) atoms. The van der Waals surface area contributed by atoms with Gasteiger partial charge in [0.1, 0.15) is 0 Å². The predicted octanol–water partition coefficient (Wildman–Crippen LogP) is 3.04. The first-order chi connectivity index (χ1) is 9.25. The Bertz CT molecular complexity index is 555. The van der Waals surface area contributed by atoms with Gasteiger partial charge in [-0.15, -0.1) is 0 Å². The van der Waals surface area contributed by atoms with E-state index in [4.69, 9.17) is 5.73 Å². The highest BCUT2D eigenvalue weighted by atomic mass is 16.5. The fraction of sp³-hybridized carbons (Fsp3) is 0.333. The first-order valence-corrected chi connectivity index (χ1v) is 6.52. The Kier molecular flexibility index (Phi) is 4.72. The number of para-hydroxylation sites is 1. The van der Waals surface area contributed by atoms with Crippen LogP contribution < -0.4 is 5.73 Å². The number of aromatic nitrogens is 1.